The zero-order valence-electron chi connectivity index (χ0n) is 19.8. The third-order valence-corrected chi connectivity index (χ3v) is 5.76. The lowest BCUT2D eigenvalue weighted by Gasteiger charge is -2.24. The van der Waals surface area contributed by atoms with Crippen LogP contribution in [0.25, 0.3) is 0 Å². The van der Waals surface area contributed by atoms with E-state index in [9.17, 15) is 0 Å². The number of anilines is 1. The molecule has 0 spiro atoms. The van der Waals surface area contributed by atoms with E-state index >= 15 is 0 Å². The second-order valence-corrected chi connectivity index (χ2v) is 8.43. The maximum Gasteiger partial charge on any atom is 0.130 e. The summed E-state index contributed by atoms with van der Waals surface area (Å²) < 4.78 is 0. The Kier molecular flexibility index (Phi) is 8.00. The molecule has 1 atom stereocenters. The number of aliphatic imine (C=N–C) groups is 1. The van der Waals surface area contributed by atoms with Crippen LogP contribution in [0.4, 0.5) is 11.5 Å². The minimum atomic E-state index is 0.0231. The van der Waals surface area contributed by atoms with E-state index in [0.717, 1.165) is 43.0 Å². The Morgan fingerprint density at radius 2 is 1.89 bits per heavy atom. The van der Waals surface area contributed by atoms with Crippen molar-refractivity contribution in [3.8, 4) is 6.07 Å². The summed E-state index contributed by atoms with van der Waals surface area (Å²) in [6.07, 6.45) is 6.39. The van der Waals surface area contributed by atoms with E-state index in [1.807, 2.05) is 42.5 Å². The van der Waals surface area contributed by atoms with E-state index in [2.05, 4.69) is 56.0 Å². The monoisotopic (exact) mass is 463 g/mol. The SMILES string of the molecule is CC(C=Nc1ccc(NC(=C2CC2)C(NCCc2ccc(C#N)cc2)c2ccccc2)nc1)=NN. The quantitative estimate of drug-likeness (QED) is 0.222. The molecule has 7 heteroatoms. The van der Waals surface area contributed by atoms with Crippen molar-refractivity contribution < 1.29 is 0 Å². The van der Waals surface area contributed by atoms with E-state index in [1.165, 1.54) is 16.7 Å². The van der Waals surface area contributed by atoms with Gasteiger partial charge in [-0.2, -0.15) is 10.4 Å². The van der Waals surface area contributed by atoms with Gasteiger partial charge in [0.25, 0.3) is 0 Å². The smallest absolute Gasteiger partial charge is 0.130 e. The Morgan fingerprint density at radius 1 is 1.11 bits per heavy atom. The molecule has 1 aliphatic carbocycles. The van der Waals surface area contributed by atoms with Crippen LogP contribution in [0.5, 0.6) is 0 Å². The van der Waals surface area contributed by atoms with E-state index in [4.69, 9.17) is 11.1 Å². The van der Waals surface area contributed by atoms with Crippen LogP contribution in [0.2, 0.25) is 0 Å². The Morgan fingerprint density at radius 3 is 2.51 bits per heavy atom. The number of hydrazone groups is 1. The van der Waals surface area contributed by atoms with Crippen molar-refractivity contribution in [2.45, 2.75) is 32.2 Å². The van der Waals surface area contributed by atoms with Gasteiger partial charge in [0.15, 0.2) is 0 Å². The molecule has 1 saturated carbocycles. The number of nitriles is 1. The molecule has 1 aromatic heterocycles. The van der Waals surface area contributed by atoms with Crippen molar-refractivity contribution in [2.24, 2.45) is 15.9 Å². The zero-order chi connectivity index (χ0) is 24.5. The molecule has 176 valence electrons. The zero-order valence-corrected chi connectivity index (χ0v) is 19.8. The van der Waals surface area contributed by atoms with Gasteiger partial charge in [-0.25, -0.2) is 4.98 Å². The van der Waals surface area contributed by atoms with Crippen LogP contribution in [0.3, 0.4) is 0 Å². The van der Waals surface area contributed by atoms with Gasteiger partial charge in [0.1, 0.15) is 5.82 Å². The summed E-state index contributed by atoms with van der Waals surface area (Å²) in [6, 6.07) is 24.3. The first-order valence-electron chi connectivity index (χ1n) is 11.7. The number of benzene rings is 2. The summed E-state index contributed by atoms with van der Waals surface area (Å²) in [5.41, 5.74) is 7.02. The number of rotatable bonds is 10. The van der Waals surface area contributed by atoms with Crippen molar-refractivity contribution in [1.29, 1.82) is 5.26 Å². The molecule has 0 radical (unpaired) electrons. The van der Waals surface area contributed by atoms with E-state index in [0.29, 0.717) is 11.3 Å². The third kappa shape index (κ3) is 6.85. The Labute approximate surface area is 206 Å². The number of allylic oxidation sites excluding steroid dienone is 1. The molecular formula is C28H29N7. The first-order chi connectivity index (χ1) is 17.2. The Balaban J connectivity index is 1.49. The molecule has 1 unspecified atom stereocenters. The molecule has 4 rings (SSSR count). The lowest BCUT2D eigenvalue weighted by molar-refractivity contribution is 0.597. The van der Waals surface area contributed by atoms with Crippen LogP contribution in [0.1, 0.15) is 42.5 Å². The highest BCUT2D eigenvalue weighted by atomic mass is 15.1. The van der Waals surface area contributed by atoms with Crippen LogP contribution < -0.4 is 16.5 Å². The van der Waals surface area contributed by atoms with E-state index < -0.39 is 0 Å². The summed E-state index contributed by atoms with van der Waals surface area (Å²) in [5.74, 6) is 6.03. The summed E-state index contributed by atoms with van der Waals surface area (Å²) in [5, 5.41) is 19.9. The highest BCUT2D eigenvalue weighted by Gasteiger charge is 2.26. The van der Waals surface area contributed by atoms with Crippen molar-refractivity contribution in [2.75, 3.05) is 11.9 Å². The van der Waals surface area contributed by atoms with Crippen molar-refractivity contribution in [1.82, 2.24) is 10.3 Å². The normalized spacial score (nSPS) is 13.9. The van der Waals surface area contributed by atoms with Crippen LogP contribution in [0.15, 0.2) is 94.3 Å². The first-order valence-corrected chi connectivity index (χ1v) is 11.7. The number of hydrogen-bond acceptors (Lipinski definition) is 7. The summed E-state index contributed by atoms with van der Waals surface area (Å²) in [7, 11) is 0. The summed E-state index contributed by atoms with van der Waals surface area (Å²) in [4.78, 5) is 8.91. The second kappa shape index (κ2) is 11.7. The van der Waals surface area contributed by atoms with Gasteiger partial charge in [0.2, 0.25) is 0 Å². The van der Waals surface area contributed by atoms with Crippen molar-refractivity contribution >= 4 is 23.4 Å². The fourth-order valence-corrected chi connectivity index (χ4v) is 3.71. The average molecular weight is 464 g/mol. The highest BCUT2D eigenvalue weighted by Crippen LogP contribution is 2.37. The number of pyridine rings is 1. The number of aromatic nitrogens is 1. The van der Waals surface area contributed by atoms with Gasteiger partial charge in [-0.15, -0.1) is 0 Å². The van der Waals surface area contributed by atoms with Gasteiger partial charge in [-0.05, 0) is 67.2 Å². The molecule has 1 fully saturated rings. The third-order valence-electron chi connectivity index (χ3n) is 5.76. The van der Waals surface area contributed by atoms with Gasteiger partial charge in [-0.3, -0.25) is 4.99 Å². The Bertz CT molecular complexity index is 1250. The van der Waals surface area contributed by atoms with Crippen molar-refractivity contribution in [3.63, 3.8) is 0 Å². The summed E-state index contributed by atoms with van der Waals surface area (Å²) >= 11 is 0. The summed E-state index contributed by atoms with van der Waals surface area (Å²) in [6.45, 7) is 2.59. The predicted octanol–water partition coefficient (Wildman–Crippen LogP) is 5.02. The van der Waals surface area contributed by atoms with Gasteiger partial charge in [-0.1, -0.05) is 42.5 Å². The van der Waals surface area contributed by atoms with Gasteiger partial charge < -0.3 is 16.5 Å². The number of hydrogen-bond donors (Lipinski definition) is 3. The molecular weight excluding hydrogens is 434 g/mol. The molecule has 2 aromatic carbocycles. The molecule has 0 saturated heterocycles. The van der Waals surface area contributed by atoms with E-state index in [-0.39, 0.29) is 6.04 Å². The second-order valence-electron chi connectivity index (χ2n) is 8.43. The predicted molar refractivity (Wildman–Crippen MR) is 142 cm³/mol. The molecule has 4 N–H and O–H groups in total. The molecule has 1 heterocycles. The fourth-order valence-electron chi connectivity index (χ4n) is 3.71. The topological polar surface area (TPSA) is 111 Å². The molecule has 0 bridgehead atoms. The molecule has 7 nitrogen and oxygen atoms in total. The molecule has 0 aliphatic heterocycles. The first kappa shape index (κ1) is 23.9. The van der Waals surface area contributed by atoms with Crippen LogP contribution in [-0.2, 0) is 6.42 Å². The average Bonchev–Trinajstić information content (AvgIpc) is 3.76. The molecule has 3 aromatic rings. The number of nitrogens with zero attached hydrogens (tertiary/aromatic N) is 4. The van der Waals surface area contributed by atoms with E-state index in [1.54, 1.807) is 19.3 Å². The van der Waals surface area contributed by atoms with Crippen LogP contribution in [-0.4, -0.2) is 23.5 Å². The number of nitrogens with one attached hydrogen (secondary N) is 2. The maximum absolute atomic E-state index is 9.02. The largest absolute Gasteiger partial charge is 0.342 e. The van der Waals surface area contributed by atoms with Crippen LogP contribution >= 0.6 is 0 Å². The fraction of sp³-hybridized carbons (Fsp3) is 0.214. The lowest BCUT2D eigenvalue weighted by Crippen LogP contribution is -2.28. The van der Waals surface area contributed by atoms with Gasteiger partial charge in [0.05, 0.1) is 41.5 Å². The molecule has 0 amide bonds. The van der Waals surface area contributed by atoms with Crippen molar-refractivity contribution in [3.05, 3.63) is 101 Å². The van der Waals surface area contributed by atoms with Gasteiger partial charge >= 0.3 is 0 Å². The standard InChI is InChI=1S/C28H29N7/c1-20(35-30)18-32-25-13-14-26(33-19-25)34-28(24-11-12-24)27(23-5-3-2-4-6-23)31-16-15-21-7-9-22(17-29)10-8-21/h2-10,13-14,18-19,27,31H,11-12,15-16,30H2,1H3,(H,33,34). The molecule has 1 aliphatic rings. The molecule has 35 heavy (non-hydrogen) atoms. The lowest BCUT2D eigenvalue weighted by atomic mass is 10.0. The number of nitrogens with two attached hydrogens (primary N) is 1. The Hall–Kier alpha value is -4.28. The van der Waals surface area contributed by atoms with Gasteiger partial charge in [0, 0.05) is 12.2 Å². The maximum atomic E-state index is 9.02. The minimum absolute atomic E-state index is 0.0231. The highest BCUT2D eigenvalue weighted by molar-refractivity contribution is 6.29. The minimum Gasteiger partial charge on any atom is -0.342 e. The van der Waals surface area contributed by atoms with Crippen LogP contribution in [0, 0.1) is 11.3 Å².